The molecule has 0 spiro atoms. The highest BCUT2D eigenvalue weighted by atomic mass is 35.5. The van der Waals surface area contributed by atoms with Gasteiger partial charge in [-0.25, -0.2) is 13.1 Å². The molecule has 0 bridgehead atoms. The van der Waals surface area contributed by atoms with Crippen LogP contribution in [0.2, 0.25) is 5.02 Å². The standard InChI is InChI=1S/C31H36ClN3O6S/c1-39-30(36)28(33)7-4-5-16-35-42(37,38)23-11-12-27(32)21(18-23)20-40-31(14-15-31)26-19-34-17-13-24(26)25-6-2-3-8-29(25)41-22-9-10-22/h2-3,6,8,11-13,17-19,22,28,35H,4-5,7,9-10,14-16,20,33H2,1H3/t28-/m0/s1. The summed E-state index contributed by atoms with van der Waals surface area (Å²) in [6.45, 7) is 0.353. The van der Waals surface area contributed by atoms with Gasteiger partial charge in [0, 0.05) is 35.1 Å². The van der Waals surface area contributed by atoms with Crippen LogP contribution < -0.4 is 15.2 Å². The van der Waals surface area contributed by atoms with Crippen LogP contribution in [-0.4, -0.2) is 45.2 Å². The highest BCUT2D eigenvalue weighted by molar-refractivity contribution is 7.89. The molecule has 0 unspecified atom stereocenters. The maximum Gasteiger partial charge on any atom is 0.322 e. The van der Waals surface area contributed by atoms with E-state index in [1.165, 1.54) is 13.2 Å². The Morgan fingerprint density at radius 3 is 2.67 bits per heavy atom. The molecule has 9 nitrogen and oxygen atoms in total. The lowest BCUT2D eigenvalue weighted by Crippen LogP contribution is -2.31. The summed E-state index contributed by atoms with van der Waals surface area (Å²) in [6.07, 6.45) is 9.18. The van der Waals surface area contributed by atoms with Gasteiger partial charge in [-0.15, -0.1) is 0 Å². The third kappa shape index (κ3) is 7.30. The van der Waals surface area contributed by atoms with Gasteiger partial charge in [0.25, 0.3) is 0 Å². The molecule has 2 aromatic carbocycles. The minimum Gasteiger partial charge on any atom is -0.490 e. The van der Waals surface area contributed by atoms with E-state index in [1.54, 1.807) is 18.3 Å². The van der Waals surface area contributed by atoms with Crippen molar-refractivity contribution in [1.82, 2.24) is 9.71 Å². The molecule has 1 heterocycles. The molecule has 3 N–H and O–H groups in total. The Hall–Kier alpha value is -3.02. The van der Waals surface area contributed by atoms with E-state index in [0.717, 1.165) is 48.1 Å². The van der Waals surface area contributed by atoms with Crippen LogP contribution in [0.25, 0.3) is 11.1 Å². The van der Waals surface area contributed by atoms with E-state index in [-0.39, 0.29) is 24.2 Å². The van der Waals surface area contributed by atoms with Gasteiger partial charge in [0.2, 0.25) is 10.0 Å². The van der Waals surface area contributed by atoms with E-state index >= 15 is 0 Å². The topological polar surface area (TPSA) is 130 Å². The van der Waals surface area contributed by atoms with Crippen molar-refractivity contribution in [3.63, 3.8) is 0 Å². The average molecular weight is 614 g/mol. The molecule has 0 amide bonds. The number of sulfonamides is 1. The third-order valence-corrected chi connectivity index (χ3v) is 9.41. The van der Waals surface area contributed by atoms with Gasteiger partial charge in [-0.3, -0.25) is 9.78 Å². The number of hydrogen-bond donors (Lipinski definition) is 2. The van der Waals surface area contributed by atoms with Crippen molar-refractivity contribution in [3.8, 4) is 16.9 Å². The summed E-state index contributed by atoms with van der Waals surface area (Å²) >= 11 is 6.48. The molecule has 2 fully saturated rings. The number of unbranched alkanes of at least 4 members (excludes halogenated alkanes) is 1. The number of nitrogens with zero attached hydrogens (tertiary/aromatic N) is 1. The van der Waals surface area contributed by atoms with Crippen LogP contribution in [0.3, 0.4) is 0 Å². The first-order chi connectivity index (χ1) is 20.2. The quantitative estimate of drug-likeness (QED) is 0.179. The summed E-state index contributed by atoms with van der Waals surface area (Å²) in [7, 11) is -2.49. The number of methoxy groups -OCH3 is 1. The third-order valence-electron chi connectivity index (χ3n) is 7.58. The molecule has 1 aromatic heterocycles. The summed E-state index contributed by atoms with van der Waals surface area (Å²) in [5, 5.41) is 0.427. The Balaban J connectivity index is 1.25. The molecular weight excluding hydrogens is 578 g/mol. The number of ether oxygens (including phenoxy) is 3. The lowest BCUT2D eigenvalue weighted by Gasteiger charge is -2.22. The monoisotopic (exact) mass is 613 g/mol. The van der Waals surface area contributed by atoms with Gasteiger partial charge in [-0.1, -0.05) is 36.2 Å². The van der Waals surface area contributed by atoms with Gasteiger partial charge in [0.1, 0.15) is 11.8 Å². The molecule has 11 heteroatoms. The van der Waals surface area contributed by atoms with E-state index in [4.69, 9.17) is 26.8 Å². The number of carbonyl (C=O) groups is 1. The summed E-state index contributed by atoms with van der Waals surface area (Å²) in [4.78, 5) is 15.9. The van der Waals surface area contributed by atoms with E-state index in [0.29, 0.717) is 29.8 Å². The van der Waals surface area contributed by atoms with E-state index in [1.807, 2.05) is 30.5 Å². The average Bonchev–Trinajstić information content (AvgIpc) is 3.93. The first kappa shape index (κ1) is 30.4. The lowest BCUT2D eigenvalue weighted by molar-refractivity contribution is -0.142. The summed E-state index contributed by atoms with van der Waals surface area (Å²) < 4.78 is 45.9. The molecule has 0 radical (unpaired) electrons. The van der Waals surface area contributed by atoms with E-state index in [9.17, 15) is 13.2 Å². The van der Waals surface area contributed by atoms with Crippen LogP contribution in [0.15, 0.2) is 65.8 Å². The molecule has 0 saturated heterocycles. The van der Waals surface area contributed by atoms with Gasteiger partial charge in [0.05, 0.1) is 30.3 Å². The maximum absolute atomic E-state index is 13.0. The fraction of sp³-hybridized carbons (Fsp3) is 0.419. The molecule has 3 aromatic rings. The number of hydrogen-bond acceptors (Lipinski definition) is 8. The molecule has 2 saturated carbocycles. The highest BCUT2D eigenvalue weighted by Crippen LogP contribution is 2.53. The first-order valence-electron chi connectivity index (χ1n) is 14.2. The number of benzene rings is 2. The van der Waals surface area contributed by atoms with Crippen LogP contribution in [0.4, 0.5) is 0 Å². The number of aromatic nitrogens is 1. The van der Waals surface area contributed by atoms with Gasteiger partial charge >= 0.3 is 5.97 Å². The Morgan fingerprint density at radius 2 is 1.93 bits per heavy atom. The Bertz CT molecular complexity index is 1520. The zero-order valence-electron chi connectivity index (χ0n) is 23.6. The van der Waals surface area contributed by atoms with Crippen LogP contribution >= 0.6 is 11.6 Å². The normalized spacial score (nSPS) is 16.5. The zero-order chi connectivity index (χ0) is 29.7. The van der Waals surface area contributed by atoms with Crippen LogP contribution in [-0.2, 0) is 36.5 Å². The predicted octanol–water partition coefficient (Wildman–Crippen LogP) is 5.10. The van der Waals surface area contributed by atoms with E-state index in [2.05, 4.69) is 20.5 Å². The number of nitrogens with two attached hydrogens (primary N) is 1. The number of halogens is 1. The van der Waals surface area contributed by atoms with Crippen LogP contribution in [0.5, 0.6) is 5.75 Å². The number of nitrogens with one attached hydrogen (secondary N) is 1. The van der Waals surface area contributed by atoms with Crippen molar-refractivity contribution in [2.24, 2.45) is 5.73 Å². The minimum atomic E-state index is -3.77. The summed E-state index contributed by atoms with van der Waals surface area (Å²) in [5.74, 6) is 0.370. The van der Waals surface area contributed by atoms with Crippen molar-refractivity contribution >= 4 is 27.6 Å². The largest absolute Gasteiger partial charge is 0.490 e. The van der Waals surface area contributed by atoms with Gasteiger partial charge in [0.15, 0.2) is 0 Å². The second-order valence-electron chi connectivity index (χ2n) is 10.8. The van der Waals surface area contributed by atoms with Crippen molar-refractivity contribution in [3.05, 3.63) is 77.1 Å². The fourth-order valence-electron chi connectivity index (χ4n) is 4.85. The predicted molar refractivity (Wildman–Crippen MR) is 160 cm³/mol. The van der Waals surface area contributed by atoms with Gasteiger partial charge in [-0.05, 0) is 80.0 Å². The van der Waals surface area contributed by atoms with Crippen molar-refractivity contribution in [2.45, 2.75) is 74.2 Å². The molecule has 42 heavy (non-hydrogen) atoms. The number of rotatable bonds is 15. The van der Waals surface area contributed by atoms with Gasteiger partial charge < -0.3 is 19.9 Å². The minimum absolute atomic E-state index is 0.106. The molecule has 224 valence electrons. The zero-order valence-corrected chi connectivity index (χ0v) is 25.1. The summed E-state index contributed by atoms with van der Waals surface area (Å²) in [6, 6.07) is 13.9. The molecule has 5 rings (SSSR count). The fourth-order valence-corrected chi connectivity index (χ4v) is 6.14. The Morgan fingerprint density at radius 1 is 1.14 bits per heavy atom. The highest BCUT2D eigenvalue weighted by Gasteiger charge is 2.48. The number of para-hydroxylation sites is 1. The lowest BCUT2D eigenvalue weighted by atomic mass is 9.96. The van der Waals surface area contributed by atoms with E-state index < -0.39 is 27.6 Å². The smallest absolute Gasteiger partial charge is 0.322 e. The number of pyridine rings is 1. The van der Waals surface area contributed by atoms with Crippen molar-refractivity contribution < 1.29 is 27.4 Å². The molecule has 0 aliphatic heterocycles. The molecular formula is C31H36ClN3O6S. The number of carbonyl (C=O) groups excluding carboxylic acids is 1. The van der Waals surface area contributed by atoms with Crippen molar-refractivity contribution in [2.75, 3.05) is 13.7 Å². The molecule has 2 aliphatic carbocycles. The van der Waals surface area contributed by atoms with Gasteiger partial charge in [-0.2, -0.15) is 0 Å². The molecule has 2 aliphatic rings. The molecule has 1 atom stereocenters. The van der Waals surface area contributed by atoms with Crippen LogP contribution in [0, 0.1) is 0 Å². The summed E-state index contributed by atoms with van der Waals surface area (Å²) in [5.41, 5.74) is 8.76. The van der Waals surface area contributed by atoms with Crippen molar-refractivity contribution in [1.29, 1.82) is 0 Å². The number of esters is 1. The second kappa shape index (κ2) is 13.1. The SMILES string of the molecule is COC(=O)[C@@H](N)CCCCNS(=O)(=O)c1ccc(Cl)c(COC2(c3cnccc3-c3ccccc3OC3CC3)CC2)c1. The Labute approximate surface area is 251 Å². The first-order valence-corrected chi connectivity index (χ1v) is 16.0. The van der Waals surface area contributed by atoms with Crippen LogP contribution in [0.1, 0.15) is 56.1 Å². The maximum atomic E-state index is 13.0. The second-order valence-corrected chi connectivity index (χ2v) is 13.0. The Kier molecular flexibility index (Phi) is 9.49.